The van der Waals surface area contributed by atoms with Gasteiger partial charge in [0.25, 0.3) is 0 Å². The lowest BCUT2D eigenvalue weighted by molar-refractivity contribution is 0.346. The molecule has 18 heavy (non-hydrogen) atoms. The Hall–Kier alpha value is -0.450. The molecule has 3 nitrogen and oxygen atoms in total. The molecule has 0 aliphatic carbocycles. The maximum atomic E-state index is 4.53. The van der Waals surface area contributed by atoms with Gasteiger partial charge in [0.05, 0.1) is 6.04 Å². The van der Waals surface area contributed by atoms with Crippen LogP contribution in [-0.2, 0) is 0 Å². The minimum Gasteiger partial charge on any atom is -0.316 e. The van der Waals surface area contributed by atoms with Crippen LogP contribution in [0, 0.1) is 12.8 Å². The van der Waals surface area contributed by atoms with Gasteiger partial charge in [0, 0.05) is 11.1 Å². The van der Waals surface area contributed by atoms with Crippen molar-refractivity contribution in [2.45, 2.75) is 45.6 Å². The molecule has 102 valence electrons. The molecule has 1 aliphatic heterocycles. The van der Waals surface area contributed by atoms with Gasteiger partial charge in [0.15, 0.2) is 0 Å². The summed E-state index contributed by atoms with van der Waals surface area (Å²) in [4.78, 5) is 4.53. The van der Waals surface area contributed by atoms with E-state index >= 15 is 0 Å². The third kappa shape index (κ3) is 4.34. The highest BCUT2D eigenvalue weighted by Gasteiger charge is 2.13. The van der Waals surface area contributed by atoms with Gasteiger partial charge in [-0.25, -0.2) is 4.98 Å². The molecule has 0 saturated carbocycles. The number of nitrogens with zero attached hydrogens (tertiary/aromatic N) is 1. The van der Waals surface area contributed by atoms with Crippen molar-refractivity contribution >= 4 is 11.3 Å². The van der Waals surface area contributed by atoms with E-state index in [4.69, 9.17) is 0 Å². The van der Waals surface area contributed by atoms with Crippen LogP contribution in [0.2, 0.25) is 0 Å². The van der Waals surface area contributed by atoms with Crippen LogP contribution < -0.4 is 10.6 Å². The topological polar surface area (TPSA) is 37.0 Å². The Bertz CT molecular complexity index is 345. The van der Waals surface area contributed by atoms with Gasteiger partial charge >= 0.3 is 0 Å². The van der Waals surface area contributed by atoms with Crippen molar-refractivity contribution in [3.05, 3.63) is 16.1 Å². The van der Waals surface area contributed by atoms with E-state index in [0.717, 1.165) is 18.2 Å². The van der Waals surface area contributed by atoms with Gasteiger partial charge in [0.2, 0.25) is 0 Å². The fourth-order valence-electron chi connectivity index (χ4n) is 2.54. The Balaban J connectivity index is 1.60. The van der Waals surface area contributed by atoms with Crippen LogP contribution in [0.15, 0.2) is 5.38 Å². The second kappa shape index (κ2) is 7.22. The largest absolute Gasteiger partial charge is 0.316 e. The molecule has 2 N–H and O–H groups in total. The smallest absolute Gasteiger partial charge is 0.110 e. The molecule has 2 heterocycles. The third-order valence-corrected chi connectivity index (χ3v) is 4.79. The van der Waals surface area contributed by atoms with Gasteiger partial charge in [0.1, 0.15) is 5.01 Å². The average Bonchev–Trinajstić information content (AvgIpc) is 2.82. The van der Waals surface area contributed by atoms with Crippen LogP contribution in [0.1, 0.15) is 49.4 Å². The fourth-order valence-corrected chi connectivity index (χ4v) is 3.37. The number of hydrogen-bond donors (Lipinski definition) is 2. The molecule has 1 aromatic rings. The number of hydrogen-bond acceptors (Lipinski definition) is 4. The minimum atomic E-state index is 0.396. The summed E-state index contributed by atoms with van der Waals surface area (Å²) in [6.07, 6.45) is 5.39. The van der Waals surface area contributed by atoms with Crippen molar-refractivity contribution in [2.75, 3.05) is 19.6 Å². The highest BCUT2D eigenvalue weighted by molar-refractivity contribution is 7.09. The zero-order chi connectivity index (χ0) is 12.8. The van der Waals surface area contributed by atoms with E-state index in [1.807, 2.05) is 0 Å². The summed E-state index contributed by atoms with van der Waals surface area (Å²) < 4.78 is 0. The lowest BCUT2D eigenvalue weighted by atomic mass is 9.95. The Morgan fingerprint density at radius 2 is 2.50 bits per heavy atom. The zero-order valence-corrected chi connectivity index (χ0v) is 12.4. The van der Waals surface area contributed by atoms with Gasteiger partial charge in [-0.2, -0.15) is 0 Å². The van der Waals surface area contributed by atoms with Crippen LogP contribution in [0.25, 0.3) is 0 Å². The SMILES string of the molecule is Cc1csc(C(C)NCCCC2CCCNC2)n1. The number of aromatic nitrogens is 1. The predicted octanol–water partition coefficient (Wildman–Crippen LogP) is 2.88. The lowest BCUT2D eigenvalue weighted by Gasteiger charge is -2.22. The summed E-state index contributed by atoms with van der Waals surface area (Å²) in [7, 11) is 0. The second-order valence-corrected chi connectivity index (χ2v) is 6.25. The molecule has 1 aromatic heterocycles. The summed E-state index contributed by atoms with van der Waals surface area (Å²) in [5.41, 5.74) is 1.14. The first-order valence-corrected chi connectivity index (χ1v) is 8.00. The molecule has 0 radical (unpaired) electrons. The predicted molar refractivity (Wildman–Crippen MR) is 78.1 cm³/mol. The number of piperidine rings is 1. The molecule has 2 rings (SSSR count). The van der Waals surface area contributed by atoms with Crippen LogP contribution in [-0.4, -0.2) is 24.6 Å². The summed E-state index contributed by atoms with van der Waals surface area (Å²) in [6, 6.07) is 0.396. The van der Waals surface area contributed by atoms with Crippen LogP contribution in [0.4, 0.5) is 0 Å². The second-order valence-electron chi connectivity index (χ2n) is 5.36. The van der Waals surface area contributed by atoms with E-state index in [1.165, 1.54) is 43.8 Å². The number of nitrogens with one attached hydrogen (secondary N) is 2. The first kappa shape index (κ1) is 14.0. The highest BCUT2D eigenvalue weighted by atomic mass is 32.1. The number of rotatable bonds is 6. The van der Waals surface area contributed by atoms with Crippen molar-refractivity contribution in [3.8, 4) is 0 Å². The van der Waals surface area contributed by atoms with Crippen LogP contribution in [0.5, 0.6) is 0 Å². The van der Waals surface area contributed by atoms with E-state index < -0.39 is 0 Å². The summed E-state index contributed by atoms with van der Waals surface area (Å²) in [5.74, 6) is 0.901. The molecule has 1 aliphatic rings. The molecule has 4 heteroatoms. The highest BCUT2D eigenvalue weighted by Crippen LogP contribution is 2.18. The van der Waals surface area contributed by atoms with E-state index in [1.54, 1.807) is 11.3 Å². The van der Waals surface area contributed by atoms with Crippen molar-refractivity contribution in [3.63, 3.8) is 0 Å². The molecule has 2 unspecified atom stereocenters. The molecular weight excluding hydrogens is 242 g/mol. The summed E-state index contributed by atoms with van der Waals surface area (Å²) in [5, 5.41) is 10.4. The quantitative estimate of drug-likeness (QED) is 0.778. The number of thiazole rings is 1. The molecule has 0 aromatic carbocycles. The molecule has 2 atom stereocenters. The Labute approximate surface area is 114 Å². The monoisotopic (exact) mass is 267 g/mol. The van der Waals surface area contributed by atoms with Crippen LogP contribution >= 0.6 is 11.3 Å². The average molecular weight is 267 g/mol. The van der Waals surface area contributed by atoms with Gasteiger partial charge < -0.3 is 10.6 Å². The maximum Gasteiger partial charge on any atom is 0.110 e. The van der Waals surface area contributed by atoms with E-state index in [9.17, 15) is 0 Å². The Kier molecular flexibility index (Phi) is 5.60. The van der Waals surface area contributed by atoms with Crippen LogP contribution in [0.3, 0.4) is 0 Å². The fraction of sp³-hybridized carbons (Fsp3) is 0.786. The van der Waals surface area contributed by atoms with Gasteiger partial charge in [-0.3, -0.25) is 0 Å². The molecule has 1 saturated heterocycles. The maximum absolute atomic E-state index is 4.53. The Morgan fingerprint density at radius 1 is 1.61 bits per heavy atom. The standard InChI is InChI=1S/C14H25N3S/c1-11-10-18-14(17-11)12(2)16-8-4-6-13-5-3-7-15-9-13/h10,12-13,15-16H,3-9H2,1-2H3. The van der Waals surface area contributed by atoms with Crippen molar-refractivity contribution in [1.82, 2.24) is 15.6 Å². The molecular formula is C14H25N3S. The van der Waals surface area contributed by atoms with E-state index in [-0.39, 0.29) is 0 Å². The summed E-state index contributed by atoms with van der Waals surface area (Å²) >= 11 is 1.76. The van der Waals surface area contributed by atoms with Crippen molar-refractivity contribution in [2.24, 2.45) is 5.92 Å². The molecule has 0 amide bonds. The molecule has 0 bridgehead atoms. The van der Waals surface area contributed by atoms with Crippen molar-refractivity contribution < 1.29 is 0 Å². The molecule has 0 spiro atoms. The van der Waals surface area contributed by atoms with Gasteiger partial charge in [-0.05, 0) is 65.1 Å². The first-order chi connectivity index (χ1) is 8.75. The first-order valence-electron chi connectivity index (χ1n) is 7.12. The van der Waals surface area contributed by atoms with Crippen molar-refractivity contribution in [1.29, 1.82) is 0 Å². The minimum absolute atomic E-state index is 0.396. The van der Waals surface area contributed by atoms with Gasteiger partial charge in [-0.15, -0.1) is 11.3 Å². The van der Waals surface area contributed by atoms with Gasteiger partial charge in [-0.1, -0.05) is 0 Å². The normalized spacial score (nSPS) is 22.0. The third-order valence-electron chi connectivity index (χ3n) is 3.65. The lowest BCUT2D eigenvalue weighted by Crippen LogP contribution is -2.30. The molecule has 1 fully saturated rings. The number of aryl methyl sites for hydroxylation is 1. The zero-order valence-electron chi connectivity index (χ0n) is 11.5. The van der Waals surface area contributed by atoms with E-state index in [2.05, 4.69) is 34.8 Å². The summed E-state index contributed by atoms with van der Waals surface area (Å²) in [6.45, 7) is 7.82. The van der Waals surface area contributed by atoms with E-state index in [0.29, 0.717) is 6.04 Å². The Morgan fingerprint density at radius 3 is 3.17 bits per heavy atom.